The molecule has 5 heteroatoms. The Labute approximate surface area is 111 Å². The lowest BCUT2D eigenvalue weighted by molar-refractivity contribution is 0.0695. The molecule has 0 aliphatic carbocycles. The standard InChI is InChI=1S/C14H17N3O2/c1-5-11-9(3)16-17(10(11)4)13-12(14(18)19)8(2)6-7-15-13/h6-7H,5H2,1-4H3,(H,18,19). The maximum Gasteiger partial charge on any atom is 0.339 e. The Morgan fingerprint density at radius 2 is 2.05 bits per heavy atom. The van der Waals surface area contributed by atoms with E-state index in [0.717, 1.165) is 23.4 Å². The fourth-order valence-electron chi connectivity index (χ4n) is 2.36. The van der Waals surface area contributed by atoms with E-state index in [1.54, 1.807) is 23.9 Å². The highest BCUT2D eigenvalue weighted by Gasteiger charge is 2.20. The predicted molar refractivity (Wildman–Crippen MR) is 71.9 cm³/mol. The highest BCUT2D eigenvalue weighted by atomic mass is 16.4. The van der Waals surface area contributed by atoms with Crippen molar-refractivity contribution in [1.82, 2.24) is 14.8 Å². The van der Waals surface area contributed by atoms with Crippen LogP contribution in [-0.2, 0) is 6.42 Å². The zero-order valence-corrected chi connectivity index (χ0v) is 11.6. The van der Waals surface area contributed by atoms with Gasteiger partial charge in [0.15, 0.2) is 5.82 Å². The first kappa shape index (κ1) is 13.3. The molecule has 0 saturated carbocycles. The molecule has 0 radical (unpaired) electrons. The van der Waals surface area contributed by atoms with Gasteiger partial charge in [0.2, 0.25) is 0 Å². The number of aryl methyl sites for hydroxylation is 2. The Morgan fingerprint density at radius 3 is 2.58 bits per heavy atom. The van der Waals surface area contributed by atoms with Gasteiger partial charge in [-0.1, -0.05) is 6.92 Å². The number of carboxylic acids is 1. The van der Waals surface area contributed by atoms with E-state index >= 15 is 0 Å². The van der Waals surface area contributed by atoms with Crippen molar-refractivity contribution < 1.29 is 9.90 Å². The maximum atomic E-state index is 11.4. The van der Waals surface area contributed by atoms with Crippen LogP contribution in [0.3, 0.4) is 0 Å². The summed E-state index contributed by atoms with van der Waals surface area (Å²) in [7, 11) is 0. The first-order chi connectivity index (χ1) is 8.97. The molecule has 2 heterocycles. The van der Waals surface area contributed by atoms with E-state index < -0.39 is 5.97 Å². The Morgan fingerprint density at radius 1 is 1.37 bits per heavy atom. The number of carboxylic acid groups (broad SMARTS) is 1. The normalized spacial score (nSPS) is 10.7. The summed E-state index contributed by atoms with van der Waals surface area (Å²) >= 11 is 0. The summed E-state index contributed by atoms with van der Waals surface area (Å²) in [4.78, 5) is 15.6. The Balaban J connectivity index is 2.73. The van der Waals surface area contributed by atoms with Crippen molar-refractivity contribution in [3.05, 3.63) is 40.3 Å². The molecule has 2 aromatic heterocycles. The molecule has 0 spiro atoms. The van der Waals surface area contributed by atoms with E-state index in [-0.39, 0.29) is 5.56 Å². The van der Waals surface area contributed by atoms with Crippen molar-refractivity contribution >= 4 is 5.97 Å². The molecule has 0 bridgehead atoms. The van der Waals surface area contributed by atoms with Crippen LogP contribution in [-0.4, -0.2) is 25.8 Å². The van der Waals surface area contributed by atoms with E-state index in [9.17, 15) is 9.90 Å². The predicted octanol–water partition coefficient (Wildman–Crippen LogP) is 2.45. The smallest absolute Gasteiger partial charge is 0.339 e. The molecule has 1 N–H and O–H groups in total. The van der Waals surface area contributed by atoms with Crippen molar-refractivity contribution in [2.24, 2.45) is 0 Å². The number of aromatic carboxylic acids is 1. The zero-order valence-electron chi connectivity index (χ0n) is 11.6. The van der Waals surface area contributed by atoms with E-state index in [4.69, 9.17) is 0 Å². The largest absolute Gasteiger partial charge is 0.478 e. The van der Waals surface area contributed by atoms with Crippen LogP contribution in [0.2, 0.25) is 0 Å². The van der Waals surface area contributed by atoms with Gasteiger partial charge in [-0.3, -0.25) is 0 Å². The quantitative estimate of drug-likeness (QED) is 0.919. The fourth-order valence-corrected chi connectivity index (χ4v) is 2.36. The molecule has 2 rings (SSSR count). The SMILES string of the molecule is CCc1c(C)nn(-c2nccc(C)c2C(=O)O)c1C. The molecule has 0 atom stereocenters. The van der Waals surface area contributed by atoms with Gasteiger partial charge in [-0.2, -0.15) is 5.10 Å². The van der Waals surface area contributed by atoms with Crippen molar-refractivity contribution in [1.29, 1.82) is 0 Å². The minimum atomic E-state index is -0.980. The first-order valence-corrected chi connectivity index (χ1v) is 6.21. The second kappa shape index (κ2) is 4.84. The fraction of sp³-hybridized carbons (Fsp3) is 0.357. The van der Waals surface area contributed by atoms with E-state index in [2.05, 4.69) is 17.0 Å². The lowest BCUT2D eigenvalue weighted by Gasteiger charge is -2.09. The molecular weight excluding hydrogens is 242 g/mol. The lowest BCUT2D eigenvalue weighted by Crippen LogP contribution is -2.12. The Hall–Kier alpha value is -2.17. The average Bonchev–Trinajstić information content (AvgIpc) is 2.63. The third-order valence-electron chi connectivity index (χ3n) is 3.35. The van der Waals surface area contributed by atoms with Gasteiger partial charge in [-0.25, -0.2) is 14.5 Å². The maximum absolute atomic E-state index is 11.4. The highest BCUT2D eigenvalue weighted by molar-refractivity contribution is 5.92. The number of carbonyl (C=O) groups is 1. The van der Waals surface area contributed by atoms with Crippen molar-refractivity contribution in [2.75, 3.05) is 0 Å². The third kappa shape index (κ3) is 2.12. The second-order valence-electron chi connectivity index (χ2n) is 4.55. The van der Waals surface area contributed by atoms with E-state index in [1.807, 2.05) is 13.8 Å². The monoisotopic (exact) mass is 259 g/mol. The topological polar surface area (TPSA) is 68.0 Å². The third-order valence-corrected chi connectivity index (χ3v) is 3.35. The molecule has 2 aromatic rings. The minimum absolute atomic E-state index is 0.204. The number of hydrogen-bond donors (Lipinski definition) is 1. The molecule has 19 heavy (non-hydrogen) atoms. The van der Waals surface area contributed by atoms with Gasteiger partial charge in [0.25, 0.3) is 0 Å². The zero-order chi connectivity index (χ0) is 14.2. The molecule has 0 aliphatic rings. The van der Waals surface area contributed by atoms with Gasteiger partial charge in [0.1, 0.15) is 5.56 Å². The van der Waals surface area contributed by atoms with Crippen LogP contribution >= 0.6 is 0 Å². The van der Waals surface area contributed by atoms with Crippen molar-refractivity contribution in [3.63, 3.8) is 0 Å². The number of aromatic nitrogens is 3. The number of rotatable bonds is 3. The van der Waals surface area contributed by atoms with E-state index in [1.165, 1.54) is 0 Å². The molecule has 0 amide bonds. The van der Waals surface area contributed by atoms with E-state index in [0.29, 0.717) is 11.4 Å². The molecule has 5 nitrogen and oxygen atoms in total. The molecule has 0 fully saturated rings. The summed E-state index contributed by atoms with van der Waals surface area (Å²) in [6.07, 6.45) is 2.48. The van der Waals surface area contributed by atoms with Crippen LogP contribution < -0.4 is 0 Å². The van der Waals surface area contributed by atoms with Gasteiger partial charge in [0.05, 0.1) is 5.69 Å². The lowest BCUT2D eigenvalue weighted by atomic mass is 10.1. The number of nitrogens with zero attached hydrogens (tertiary/aromatic N) is 3. The van der Waals surface area contributed by atoms with Gasteiger partial charge < -0.3 is 5.11 Å². The molecule has 0 aromatic carbocycles. The highest BCUT2D eigenvalue weighted by Crippen LogP contribution is 2.21. The van der Waals surface area contributed by atoms with Gasteiger partial charge in [-0.05, 0) is 44.4 Å². The molecule has 0 saturated heterocycles. The molecular formula is C14H17N3O2. The molecule has 0 aliphatic heterocycles. The number of pyridine rings is 1. The molecule has 0 unspecified atom stereocenters. The summed E-state index contributed by atoms with van der Waals surface area (Å²) < 4.78 is 1.63. The minimum Gasteiger partial charge on any atom is -0.478 e. The summed E-state index contributed by atoms with van der Waals surface area (Å²) in [5.41, 5.74) is 3.89. The van der Waals surface area contributed by atoms with Crippen LogP contribution in [0.25, 0.3) is 5.82 Å². The van der Waals surface area contributed by atoms with Gasteiger partial charge in [-0.15, -0.1) is 0 Å². The van der Waals surface area contributed by atoms with Crippen LogP contribution in [0.4, 0.5) is 0 Å². The Kier molecular flexibility index (Phi) is 3.38. The van der Waals surface area contributed by atoms with Crippen LogP contribution in [0, 0.1) is 20.8 Å². The summed E-state index contributed by atoms with van der Waals surface area (Å²) in [6.45, 7) is 7.69. The Bertz CT molecular complexity index is 644. The van der Waals surface area contributed by atoms with Gasteiger partial charge >= 0.3 is 5.97 Å². The number of hydrogen-bond acceptors (Lipinski definition) is 3. The summed E-state index contributed by atoms with van der Waals surface area (Å²) in [6, 6.07) is 1.69. The van der Waals surface area contributed by atoms with Crippen molar-refractivity contribution in [2.45, 2.75) is 34.1 Å². The summed E-state index contributed by atoms with van der Waals surface area (Å²) in [5, 5.41) is 13.8. The average molecular weight is 259 g/mol. The summed E-state index contributed by atoms with van der Waals surface area (Å²) in [5.74, 6) is -0.598. The second-order valence-corrected chi connectivity index (χ2v) is 4.55. The molecule has 100 valence electrons. The van der Waals surface area contributed by atoms with Crippen LogP contribution in [0.15, 0.2) is 12.3 Å². The first-order valence-electron chi connectivity index (χ1n) is 6.21. The van der Waals surface area contributed by atoms with Crippen LogP contribution in [0.5, 0.6) is 0 Å². The van der Waals surface area contributed by atoms with Gasteiger partial charge in [0, 0.05) is 11.9 Å². The van der Waals surface area contributed by atoms with Crippen molar-refractivity contribution in [3.8, 4) is 5.82 Å². The van der Waals surface area contributed by atoms with Crippen LogP contribution in [0.1, 0.15) is 39.8 Å².